The van der Waals surface area contributed by atoms with Crippen molar-refractivity contribution in [1.82, 2.24) is 0 Å². The molecule has 0 bridgehead atoms. The van der Waals surface area contributed by atoms with Crippen LogP contribution in [0.4, 0.5) is 11.4 Å². The smallest absolute Gasteiger partial charge is 0.269 e. The number of anilines is 1. The van der Waals surface area contributed by atoms with Gasteiger partial charge >= 0.3 is 0 Å². The largest absolute Gasteiger partial charge is 0.383 e. The Morgan fingerprint density at radius 2 is 1.94 bits per heavy atom. The van der Waals surface area contributed by atoms with Crippen LogP contribution in [-0.4, -0.2) is 24.7 Å². The molecule has 0 heterocycles. The van der Waals surface area contributed by atoms with Gasteiger partial charge in [-0.1, -0.05) is 13.8 Å². The monoisotopic (exact) mass is 238 g/mol. The molecule has 94 valence electrons. The summed E-state index contributed by atoms with van der Waals surface area (Å²) in [5, 5.41) is 13.8. The van der Waals surface area contributed by atoms with E-state index in [-0.39, 0.29) is 11.7 Å². The summed E-state index contributed by atoms with van der Waals surface area (Å²) in [6.07, 6.45) is 0. The third-order valence-corrected chi connectivity index (χ3v) is 2.58. The first kappa shape index (κ1) is 13.4. The maximum absolute atomic E-state index is 10.5. The van der Waals surface area contributed by atoms with E-state index < -0.39 is 4.92 Å². The van der Waals surface area contributed by atoms with Crippen LogP contribution in [0.25, 0.3) is 0 Å². The number of rotatable bonds is 6. The molecule has 1 atom stereocenters. The number of nitro benzene ring substituents is 1. The zero-order valence-electron chi connectivity index (χ0n) is 10.3. The summed E-state index contributed by atoms with van der Waals surface area (Å²) in [6, 6.07) is 6.60. The van der Waals surface area contributed by atoms with Crippen molar-refractivity contribution in [2.24, 2.45) is 5.92 Å². The maximum atomic E-state index is 10.5. The summed E-state index contributed by atoms with van der Waals surface area (Å²) < 4.78 is 5.13. The first-order chi connectivity index (χ1) is 8.04. The van der Waals surface area contributed by atoms with Gasteiger partial charge in [0.2, 0.25) is 0 Å². The minimum Gasteiger partial charge on any atom is -0.383 e. The first-order valence-electron chi connectivity index (χ1n) is 5.54. The molecule has 1 aromatic carbocycles. The molecule has 1 unspecified atom stereocenters. The van der Waals surface area contributed by atoms with Gasteiger partial charge in [-0.3, -0.25) is 10.1 Å². The van der Waals surface area contributed by atoms with Crippen LogP contribution in [0.1, 0.15) is 13.8 Å². The van der Waals surface area contributed by atoms with Gasteiger partial charge in [-0.15, -0.1) is 0 Å². The van der Waals surface area contributed by atoms with E-state index in [0.717, 1.165) is 5.69 Å². The van der Waals surface area contributed by atoms with Crippen LogP contribution in [-0.2, 0) is 4.74 Å². The van der Waals surface area contributed by atoms with Gasteiger partial charge in [-0.05, 0) is 18.1 Å². The van der Waals surface area contributed by atoms with Crippen LogP contribution >= 0.6 is 0 Å². The van der Waals surface area contributed by atoms with Crippen molar-refractivity contribution in [1.29, 1.82) is 0 Å². The molecule has 0 aliphatic rings. The molecular weight excluding hydrogens is 220 g/mol. The number of nitro groups is 1. The number of hydrogen-bond acceptors (Lipinski definition) is 4. The lowest BCUT2D eigenvalue weighted by atomic mass is 10.1. The van der Waals surface area contributed by atoms with Gasteiger partial charge in [0.05, 0.1) is 17.6 Å². The Bertz CT molecular complexity index is 363. The van der Waals surface area contributed by atoms with Crippen molar-refractivity contribution in [2.75, 3.05) is 19.0 Å². The third-order valence-electron chi connectivity index (χ3n) is 2.58. The molecule has 0 spiro atoms. The maximum Gasteiger partial charge on any atom is 0.269 e. The molecule has 0 aliphatic heterocycles. The lowest BCUT2D eigenvalue weighted by Gasteiger charge is -2.22. The molecule has 0 saturated carbocycles. The normalized spacial score (nSPS) is 12.5. The van der Waals surface area contributed by atoms with Crippen LogP contribution in [0, 0.1) is 16.0 Å². The summed E-state index contributed by atoms with van der Waals surface area (Å²) in [5.41, 5.74) is 0.967. The highest BCUT2D eigenvalue weighted by molar-refractivity contribution is 5.49. The molecule has 0 saturated heterocycles. The van der Waals surface area contributed by atoms with E-state index in [1.54, 1.807) is 19.2 Å². The van der Waals surface area contributed by atoms with Gasteiger partial charge in [0.1, 0.15) is 0 Å². The minimum absolute atomic E-state index is 0.100. The van der Waals surface area contributed by atoms with Gasteiger partial charge in [-0.25, -0.2) is 0 Å². The average molecular weight is 238 g/mol. The highest BCUT2D eigenvalue weighted by Crippen LogP contribution is 2.17. The number of hydrogen-bond donors (Lipinski definition) is 1. The minimum atomic E-state index is -0.404. The van der Waals surface area contributed by atoms with Crippen LogP contribution in [0.15, 0.2) is 24.3 Å². The fourth-order valence-electron chi connectivity index (χ4n) is 1.47. The number of methoxy groups -OCH3 is 1. The summed E-state index contributed by atoms with van der Waals surface area (Å²) in [7, 11) is 1.66. The number of nitrogens with zero attached hydrogens (tertiary/aromatic N) is 1. The fourth-order valence-corrected chi connectivity index (χ4v) is 1.47. The van der Waals surface area contributed by atoms with E-state index >= 15 is 0 Å². The molecule has 5 nitrogen and oxygen atoms in total. The lowest BCUT2D eigenvalue weighted by Crippen LogP contribution is -2.30. The molecule has 0 fully saturated rings. The van der Waals surface area contributed by atoms with Gasteiger partial charge in [0, 0.05) is 24.9 Å². The summed E-state index contributed by atoms with van der Waals surface area (Å²) in [5.74, 6) is 0.421. The fraction of sp³-hybridized carbons (Fsp3) is 0.500. The standard InChI is InChI=1S/C12H18N2O3/c1-9(2)12(8-17-3)13-10-4-6-11(7-5-10)14(15)16/h4-7,9,12-13H,8H2,1-3H3. The predicted octanol–water partition coefficient (Wildman–Crippen LogP) is 2.68. The Labute approximate surface area is 101 Å². The summed E-state index contributed by atoms with van der Waals surface area (Å²) in [6.45, 7) is 4.80. The number of nitrogens with one attached hydrogen (secondary N) is 1. The lowest BCUT2D eigenvalue weighted by molar-refractivity contribution is -0.384. The first-order valence-corrected chi connectivity index (χ1v) is 5.54. The van der Waals surface area contributed by atoms with Gasteiger partial charge in [0.15, 0.2) is 0 Å². The van der Waals surface area contributed by atoms with Crippen molar-refractivity contribution in [3.8, 4) is 0 Å². The highest BCUT2D eigenvalue weighted by atomic mass is 16.6. The van der Waals surface area contributed by atoms with Crippen molar-refractivity contribution in [2.45, 2.75) is 19.9 Å². The predicted molar refractivity (Wildman–Crippen MR) is 67.2 cm³/mol. The van der Waals surface area contributed by atoms with E-state index in [4.69, 9.17) is 4.74 Å². The van der Waals surface area contributed by atoms with Crippen LogP contribution in [0.2, 0.25) is 0 Å². The molecule has 1 rings (SSSR count). The number of non-ortho nitro benzene ring substituents is 1. The zero-order chi connectivity index (χ0) is 12.8. The van der Waals surface area contributed by atoms with Crippen LogP contribution in [0.3, 0.4) is 0 Å². The summed E-state index contributed by atoms with van der Waals surface area (Å²) in [4.78, 5) is 10.1. The molecule has 17 heavy (non-hydrogen) atoms. The van der Waals surface area contributed by atoms with Gasteiger partial charge in [-0.2, -0.15) is 0 Å². The van der Waals surface area contributed by atoms with Crippen LogP contribution < -0.4 is 5.32 Å². The Morgan fingerprint density at radius 1 is 1.35 bits per heavy atom. The van der Waals surface area contributed by atoms with E-state index in [0.29, 0.717) is 12.5 Å². The zero-order valence-corrected chi connectivity index (χ0v) is 10.3. The molecule has 0 aliphatic carbocycles. The second-order valence-electron chi connectivity index (χ2n) is 4.25. The molecule has 1 aromatic rings. The van der Waals surface area contributed by atoms with E-state index in [2.05, 4.69) is 19.2 Å². The Kier molecular flexibility index (Phi) is 4.90. The number of ether oxygens (including phenoxy) is 1. The second kappa shape index (κ2) is 6.20. The summed E-state index contributed by atoms with van der Waals surface area (Å²) >= 11 is 0. The Hall–Kier alpha value is -1.62. The quantitative estimate of drug-likeness (QED) is 0.611. The third kappa shape index (κ3) is 4.03. The van der Waals surface area contributed by atoms with E-state index in [1.165, 1.54) is 12.1 Å². The van der Waals surface area contributed by atoms with E-state index in [1.807, 2.05) is 0 Å². The topological polar surface area (TPSA) is 64.4 Å². The SMILES string of the molecule is COCC(Nc1ccc([N+](=O)[O-])cc1)C(C)C. The Morgan fingerprint density at radius 3 is 2.35 bits per heavy atom. The van der Waals surface area contributed by atoms with Gasteiger partial charge < -0.3 is 10.1 Å². The second-order valence-corrected chi connectivity index (χ2v) is 4.25. The van der Waals surface area contributed by atoms with Crippen molar-refractivity contribution in [3.05, 3.63) is 34.4 Å². The highest BCUT2D eigenvalue weighted by Gasteiger charge is 2.13. The van der Waals surface area contributed by atoms with E-state index in [9.17, 15) is 10.1 Å². The molecule has 0 radical (unpaired) electrons. The van der Waals surface area contributed by atoms with Gasteiger partial charge in [0.25, 0.3) is 5.69 Å². The number of benzene rings is 1. The molecule has 0 aromatic heterocycles. The van der Waals surface area contributed by atoms with Crippen molar-refractivity contribution < 1.29 is 9.66 Å². The molecule has 0 amide bonds. The van der Waals surface area contributed by atoms with Crippen molar-refractivity contribution in [3.63, 3.8) is 0 Å². The molecule has 5 heteroatoms. The molecular formula is C12H18N2O3. The van der Waals surface area contributed by atoms with Crippen LogP contribution in [0.5, 0.6) is 0 Å². The van der Waals surface area contributed by atoms with Crippen molar-refractivity contribution >= 4 is 11.4 Å². The average Bonchev–Trinajstić information content (AvgIpc) is 2.29. The Balaban J connectivity index is 2.69. The molecule has 1 N–H and O–H groups in total.